The predicted octanol–water partition coefficient (Wildman–Crippen LogP) is 0.821. The number of carboxylic acid groups (broad SMARTS) is 1. The van der Waals surface area contributed by atoms with E-state index >= 15 is 0 Å². The van der Waals surface area contributed by atoms with Crippen molar-refractivity contribution in [1.29, 1.82) is 0 Å². The van der Waals surface area contributed by atoms with Crippen molar-refractivity contribution >= 4 is 17.0 Å². The van der Waals surface area contributed by atoms with Crippen molar-refractivity contribution in [3.8, 4) is 0 Å². The molecule has 0 aliphatic rings. The van der Waals surface area contributed by atoms with E-state index in [0.29, 0.717) is 5.56 Å². The Morgan fingerprint density at radius 1 is 1.60 bits per heavy atom. The van der Waals surface area contributed by atoms with Crippen LogP contribution in [0.5, 0.6) is 0 Å². The van der Waals surface area contributed by atoms with Crippen LogP contribution in [0.3, 0.4) is 0 Å². The Hall–Kier alpha value is -1.88. The van der Waals surface area contributed by atoms with Gasteiger partial charge in [-0.2, -0.15) is 0 Å². The number of nitrogens with zero attached hydrogens (tertiary/aromatic N) is 1. The Bertz CT molecular complexity index is 516. The van der Waals surface area contributed by atoms with Gasteiger partial charge in [0, 0.05) is 0 Å². The summed E-state index contributed by atoms with van der Waals surface area (Å²) in [5.41, 5.74) is 6.45. The molecule has 1 heterocycles. The molecule has 0 saturated carbocycles. The fraction of sp³-hybridized carbons (Fsp3) is 0.200. The first-order valence-electron chi connectivity index (χ1n) is 4.47. The number of aromatic nitrogens is 2. The van der Waals surface area contributed by atoms with Gasteiger partial charge in [-0.1, -0.05) is 6.07 Å². The van der Waals surface area contributed by atoms with Crippen molar-refractivity contribution < 1.29 is 9.90 Å². The third kappa shape index (κ3) is 1.46. The molecule has 78 valence electrons. The summed E-state index contributed by atoms with van der Waals surface area (Å²) in [5, 5.41) is 8.97. The fourth-order valence-electron chi connectivity index (χ4n) is 1.38. The highest BCUT2D eigenvalue weighted by atomic mass is 16.4. The minimum absolute atomic E-state index is 0.548. The number of aromatic amines is 1. The van der Waals surface area contributed by atoms with E-state index in [9.17, 15) is 4.79 Å². The van der Waals surface area contributed by atoms with E-state index in [0.717, 1.165) is 11.0 Å². The first-order valence-corrected chi connectivity index (χ1v) is 4.47. The molecule has 5 nitrogen and oxygen atoms in total. The maximum Gasteiger partial charge on any atom is 0.328 e. The van der Waals surface area contributed by atoms with Crippen LogP contribution < -0.4 is 5.73 Å². The summed E-state index contributed by atoms with van der Waals surface area (Å²) in [6.07, 6.45) is 1.56. The zero-order chi connectivity index (χ0) is 11.1. The lowest BCUT2D eigenvalue weighted by Gasteiger charge is -2.19. The maximum atomic E-state index is 10.9. The van der Waals surface area contributed by atoms with Gasteiger partial charge in [0.25, 0.3) is 0 Å². The number of aliphatic carboxylic acids is 1. The van der Waals surface area contributed by atoms with Crippen LogP contribution >= 0.6 is 0 Å². The van der Waals surface area contributed by atoms with E-state index in [2.05, 4.69) is 9.97 Å². The highest BCUT2D eigenvalue weighted by molar-refractivity contribution is 5.83. The number of hydrogen-bond acceptors (Lipinski definition) is 3. The molecule has 0 fully saturated rings. The van der Waals surface area contributed by atoms with Gasteiger partial charge in [-0.15, -0.1) is 0 Å². The number of fused-ring (bicyclic) bond motifs is 1. The number of carbonyl (C=O) groups is 1. The highest BCUT2D eigenvalue weighted by Crippen LogP contribution is 2.21. The molecule has 0 radical (unpaired) electrons. The Balaban J connectivity index is 2.57. The van der Waals surface area contributed by atoms with Crippen LogP contribution in [0.4, 0.5) is 0 Å². The minimum Gasteiger partial charge on any atom is -0.480 e. The van der Waals surface area contributed by atoms with Gasteiger partial charge < -0.3 is 15.8 Å². The van der Waals surface area contributed by atoms with Crippen LogP contribution in [0, 0.1) is 0 Å². The van der Waals surface area contributed by atoms with Crippen molar-refractivity contribution in [1.82, 2.24) is 9.97 Å². The van der Waals surface area contributed by atoms with Crippen molar-refractivity contribution in [2.24, 2.45) is 5.73 Å². The summed E-state index contributed by atoms with van der Waals surface area (Å²) in [6.45, 7) is 1.47. The summed E-state index contributed by atoms with van der Waals surface area (Å²) in [6, 6.07) is 5.13. The average Bonchev–Trinajstić information content (AvgIpc) is 2.63. The molecule has 1 atom stereocenters. The molecule has 0 aliphatic heterocycles. The van der Waals surface area contributed by atoms with Gasteiger partial charge in [-0.05, 0) is 24.6 Å². The number of benzene rings is 1. The monoisotopic (exact) mass is 205 g/mol. The summed E-state index contributed by atoms with van der Waals surface area (Å²) >= 11 is 0. The topological polar surface area (TPSA) is 92.0 Å². The van der Waals surface area contributed by atoms with Gasteiger partial charge in [-0.3, -0.25) is 0 Å². The summed E-state index contributed by atoms with van der Waals surface area (Å²) in [7, 11) is 0. The lowest BCUT2D eigenvalue weighted by molar-refractivity contribution is -0.143. The molecule has 0 unspecified atom stereocenters. The predicted molar refractivity (Wildman–Crippen MR) is 55.3 cm³/mol. The number of rotatable bonds is 2. The third-order valence-electron chi connectivity index (χ3n) is 2.46. The lowest BCUT2D eigenvalue weighted by Crippen LogP contribution is -2.41. The number of hydrogen-bond donors (Lipinski definition) is 3. The molecular formula is C10H11N3O2. The normalized spacial score (nSPS) is 15.1. The zero-order valence-corrected chi connectivity index (χ0v) is 8.19. The Morgan fingerprint density at radius 2 is 2.33 bits per heavy atom. The van der Waals surface area contributed by atoms with Gasteiger partial charge >= 0.3 is 5.97 Å². The van der Waals surface area contributed by atoms with E-state index in [4.69, 9.17) is 10.8 Å². The van der Waals surface area contributed by atoms with E-state index in [1.54, 1.807) is 24.5 Å². The van der Waals surface area contributed by atoms with Crippen LogP contribution in [0.15, 0.2) is 24.5 Å². The van der Waals surface area contributed by atoms with E-state index in [1.807, 2.05) is 0 Å². The number of H-pyrrole nitrogens is 1. The second-order valence-corrected chi connectivity index (χ2v) is 3.64. The van der Waals surface area contributed by atoms with Gasteiger partial charge in [0.2, 0.25) is 0 Å². The van der Waals surface area contributed by atoms with Gasteiger partial charge in [0.15, 0.2) is 0 Å². The van der Waals surface area contributed by atoms with E-state index in [1.165, 1.54) is 6.92 Å². The van der Waals surface area contributed by atoms with E-state index < -0.39 is 11.5 Å². The molecule has 2 aromatic rings. The number of imidazole rings is 1. The highest BCUT2D eigenvalue weighted by Gasteiger charge is 2.30. The van der Waals surface area contributed by atoms with Crippen molar-refractivity contribution in [3.05, 3.63) is 30.1 Å². The van der Waals surface area contributed by atoms with Gasteiger partial charge in [-0.25, -0.2) is 9.78 Å². The molecule has 2 rings (SSSR count). The first-order chi connectivity index (χ1) is 7.01. The molecule has 0 amide bonds. The van der Waals surface area contributed by atoms with Gasteiger partial charge in [0.05, 0.1) is 17.4 Å². The standard InChI is InChI=1S/C10H11N3O2/c1-10(11,9(14)15)6-2-3-7-8(4-6)13-5-12-7/h2-5H,11H2,1H3,(H,12,13)(H,14,15)/t10-/m1/s1. The van der Waals surface area contributed by atoms with Crippen LogP contribution in [0.25, 0.3) is 11.0 Å². The SMILES string of the molecule is C[C@](N)(C(=O)O)c1ccc2nc[nH]c2c1. The fourth-order valence-corrected chi connectivity index (χ4v) is 1.38. The Morgan fingerprint density at radius 3 is 3.00 bits per heavy atom. The minimum atomic E-state index is -1.38. The number of nitrogens with two attached hydrogens (primary N) is 1. The third-order valence-corrected chi connectivity index (χ3v) is 2.46. The quantitative estimate of drug-likeness (QED) is 0.676. The molecule has 1 aromatic carbocycles. The molecule has 5 heteroatoms. The average molecular weight is 205 g/mol. The molecule has 15 heavy (non-hydrogen) atoms. The largest absolute Gasteiger partial charge is 0.480 e. The molecular weight excluding hydrogens is 194 g/mol. The zero-order valence-electron chi connectivity index (χ0n) is 8.19. The second-order valence-electron chi connectivity index (χ2n) is 3.64. The van der Waals surface area contributed by atoms with Crippen molar-refractivity contribution in [2.75, 3.05) is 0 Å². The van der Waals surface area contributed by atoms with Crippen LogP contribution in [0.1, 0.15) is 12.5 Å². The molecule has 0 bridgehead atoms. The molecule has 0 spiro atoms. The van der Waals surface area contributed by atoms with Crippen LogP contribution in [-0.2, 0) is 10.3 Å². The summed E-state index contributed by atoms with van der Waals surface area (Å²) in [4.78, 5) is 17.9. The Kier molecular flexibility index (Phi) is 1.97. The molecule has 0 saturated heterocycles. The van der Waals surface area contributed by atoms with Gasteiger partial charge in [0.1, 0.15) is 5.54 Å². The maximum absolute atomic E-state index is 10.9. The smallest absolute Gasteiger partial charge is 0.328 e. The van der Waals surface area contributed by atoms with Crippen LogP contribution in [-0.4, -0.2) is 21.0 Å². The number of carboxylic acids is 1. The Labute approximate surface area is 85.9 Å². The number of nitrogens with one attached hydrogen (secondary N) is 1. The van der Waals surface area contributed by atoms with Crippen molar-refractivity contribution in [3.63, 3.8) is 0 Å². The van der Waals surface area contributed by atoms with Crippen LogP contribution in [0.2, 0.25) is 0 Å². The molecule has 4 N–H and O–H groups in total. The molecule has 0 aliphatic carbocycles. The first kappa shape index (κ1) is 9.67. The summed E-state index contributed by atoms with van der Waals surface area (Å²) in [5.74, 6) is -1.05. The molecule has 1 aromatic heterocycles. The van der Waals surface area contributed by atoms with E-state index in [-0.39, 0.29) is 0 Å². The second kappa shape index (κ2) is 3.06. The lowest BCUT2D eigenvalue weighted by atomic mass is 9.93. The summed E-state index contributed by atoms with van der Waals surface area (Å²) < 4.78 is 0. The van der Waals surface area contributed by atoms with Crippen molar-refractivity contribution in [2.45, 2.75) is 12.5 Å².